The summed E-state index contributed by atoms with van der Waals surface area (Å²) in [5.41, 5.74) is -0.283. The molecule has 152 valence electrons. The lowest BCUT2D eigenvalue weighted by atomic mass is 10.0. The van der Waals surface area contributed by atoms with Crippen LogP contribution in [0.2, 0.25) is 0 Å². The molecule has 0 radical (unpaired) electrons. The second-order valence-electron chi connectivity index (χ2n) is 6.30. The number of primary sulfonamides is 1. The molecular formula is C15H24ClN5O5S. The van der Waals surface area contributed by atoms with Crippen molar-refractivity contribution in [2.75, 3.05) is 18.4 Å². The summed E-state index contributed by atoms with van der Waals surface area (Å²) in [6.45, 7) is 3.10. The molecule has 2 atom stereocenters. The first-order valence-electron chi connectivity index (χ1n) is 8.24. The van der Waals surface area contributed by atoms with Crippen LogP contribution in [-0.4, -0.2) is 44.4 Å². The van der Waals surface area contributed by atoms with Gasteiger partial charge >= 0.3 is 0 Å². The van der Waals surface area contributed by atoms with Gasteiger partial charge in [-0.1, -0.05) is 0 Å². The summed E-state index contributed by atoms with van der Waals surface area (Å²) in [7, 11) is -4.03. The van der Waals surface area contributed by atoms with E-state index in [-0.39, 0.29) is 47.9 Å². The van der Waals surface area contributed by atoms with Crippen molar-refractivity contribution in [1.29, 1.82) is 0 Å². The fraction of sp³-hybridized carbons (Fsp3) is 0.533. The van der Waals surface area contributed by atoms with Gasteiger partial charge in [-0.2, -0.15) is 0 Å². The van der Waals surface area contributed by atoms with Crippen LogP contribution in [0.4, 0.5) is 11.4 Å². The number of benzene rings is 1. The van der Waals surface area contributed by atoms with E-state index in [4.69, 9.17) is 5.14 Å². The van der Waals surface area contributed by atoms with Crippen molar-refractivity contribution in [1.82, 2.24) is 10.6 Å². The highest BCUT2D eigenvalue weighted by Crippen LogP contribution is 2.27. The first-order valence-corrected chi connectivity index (χ1v) is 9.79. The van der Waals surface area contributed by atoms with Gasteiger partial charge in [-0.3, -0.25) is 14.9 Å². The molecule has 2 unspecified atom stereocenters. The maximum Gasteiger partial charge on any atom is 0.293 e. The molecule has 1 aliphatic heterocycles. The number of nitrogens with zero attached hydrogens (tertiary/aromatic N) is 1. The molecule has 1 amide bonds. The Morgan fingerprint density at radius 3 is 2.74 bits per heavy atom. The minimum absolute atomic E-state index is 0. The maximum atomic E-state index is 12.0. The van der Waals surface area contributed by atoms with Crippen molar-refractivity contribution in [2.24, 2.45) is 5.14 Å². The number of halogens is 1. The Morgan fingerprint density at radius 2 is 2.15 bits per heavy atom. The summed E-state index contributed by atoms with van der Waals surface area (Å²) < 4.78 is 22.6. The largest absolute Gasteiger partial charge is 0.379 e. The lowest BCUT2D eigenvalue weighted by Crippen LogP contribution is -2.46. The second-order valence-corrected chi connectivity index (χ2v) is 7.86. The van der Waals surface area contributed by atoms with Crippen LogP contribution in [-0.2, 0) is 14.8 Å². The van der Waals surface area contributed by atoms with E-state index in [2.05, 4.69) is 22.9 Å². The SMILES string of the molecule is CC1CC(NC(=O)CCNc2ccc(S(N)(=O)=O)cc2[N+](=O)[O-])CCN1.Cl. The predicted molar refractivity (Wildman–Crippen MR) is 103 cm³/mol. The average Bonchev–Trinajstić information content (AvgIpc) is 2.53. The van der Waals surface area contributed by atoms with Gasteiger partial charge in [0.05, 0.1) is 9.82 Å². The van der Waals surface area contributed by atoms with E-state index in [0.717, 1.165) is 25.5 Å². The van der Waals surface area contributed by atoms with Crippen LogP contribution in [0, 0.1) is 10.1 Å². The Labute approximate surface area is 163 Å². The molecule has 1 aromatic rings. The number of nitro benzene ring substituents is 1. The lowest BCUT2D eigenvalue weighted by Gasteiger charge is -2.28. The minimum Gasteiger partial charge on any atom is -0.379 e. The third kappa shape index (κ3) is 6.94. The Balaban J connectivity index is 0.00000364. The summed E-state index contributed by atoms with van der Waals surface area (Å²) in [5.74, 6) is -0.139. The van der Waals surface area contributed by atoms with Crippen LogP contribution in [0.5, 0.6) is 0 Å². The van der Waals surface area contributed by atoms with E-state index in [1.807, 2.05) is 0 Å². The highest BCUT2D eigenvalue weighted by Gasteiger charge is 2.21. The van der Waals surface area contributed by atoms with E-state index in [1.54, 1.807) is 0 Å². The number of nitrogens with one attached hydrogen (secondary N) is 3. The van der Waals surface area contributed by atoms with Gasteiger partial charge in [0, 0.05) is 31.1 Å². The Hall–Kier alpha value is -1.95. The lowest BCUT2D eigenvalue weighted by molar-refractivity contribution is -0.384. The van der Waals surface area contributed by atoms with Crippen molar-refractivity contribution in [3.63, 3.8) is 0 Å². The average molecular weight is 422 g/mol. The highest BCUT2D eigenvalue weighted by atomic mass is 35.5. The summed E-state index contributed by atoms with van der Waals surface area (Å²) >= 11 is 0. The van der Waals surface area contributed by atoms with E-state index in [1.165, 1.54) is 12.1 Å². The standard InChI is InChI=1S/C15H23N5O5S.ClH/c1-10-8-11(4-6-17-10)19-15(21)5-7-18-13-3-2-12(26(16,24)25)9-14(13)20(22)23;/h2-3,9-11,17-18H,4-8H2,1H3,(H,19,21)(H2,16,24,25);1H. The molecule has 1 fully saturated rings. The number of nitro groups is 1. The molecule has 5 N–H and O–H groups in total. The maximum absolute atomic E-state index is 12.0. The number of hydrogen-bond acceptors (Lipinski definition) is 7. The van der Waals surface area contributed by atoms with E-state index >= 15 is 0 Å². The van der Waals surface area contributed by atoms with Crippen LogP contribution in [0.3, 0.4) is 0 Å². The van der Waals surface area contributed by atoms with Crippen molar-refractivity contribution in [3.05, 3.63) is 28.3 Å². The van der Waals surface area contributed by atoms with Crippen molar-refractivity contribution in [2.45, 2.75) is 43.2 Å². The molecule has 0 aliphatic carbocycles. The molecule has 1 aliphatic rings. The number of amides is 1. The smallest absolute Gasteiger partial charge is 0.293 e. The van der Waals surface area contributed by atoms with Gasteiger partial charge in [0.1, 0.15) is 5.69 Å². The van der Waals surface area contributed by atoms with Gasteiger partial charge in [-0.05, 0) is 38.4 Å². The molecule has 0 saturated carbocycles. The van der Waals surface area contributed by atoms with Crippen LogP contribution in [0.25, 0.3) is 0 Å². The van der Waals surface area contributed by atoms with Crippen LogP contribution in [0.1, 0.15) is 26.2 Å². The zero-order valence-corrected chi connectivity index (χ0v) is 16.4. The first kappa shape index (κ1) is 23.1. The molecule has 0 spiro atoms. The molecule has 1 heterocycles. The summed E-state index contributed by atoms with van der Waals surface area (Å²) in [5, 5.41) is 25.2. The first-order chi connectivity index (χ1) is 12.2. The molecule has 12 heteroatoms. The van der Waals surface area contributed by atoms with Crippen LogP contribution < -0.4 is 21.1 Å². The number of nitrogens with two attached hydrogens (primary N) is 1. The molecule has 10 nitrogen and oxygen atoms in total. The zero-order chi connectivity index (χ0) is 19.3. The predicted octanol–water partition coefficient (Wildman–Crippen LogP) is 0.723. The quantitative estimate of drug-likeness (QED) is 0.373. The number of sulfonamides is 1. The number of hydrogen-bond donors (Lipinski definition) is 4. The van der Waals surface area contributed by atoms with Crippen molar-refractivity contribution >= 4 is 39.7 Å². The second kappa shape index (κ2) is 9.83. The molecule has 27 heavy (non-hydrogen) atoms. The highest BCUT2D eigenvalue weighted by molar-refractivity contribution is 7.89. The molecule has 1 saturated heterocycles. The molecule has 0 bridgehead atoms. The van der Waals surface area contributed by atoms with Gasteiger partial charge < -0.3 is 16.0 Å². The topological polar surface area (TPSA) is 156 Å². The van der Waals surface area contributed by atoms with Crippen LogP contribution in [0.15, 0.2) is 23.1 Å². The number of carbonyl (C=O) groups excluding carboxylic acids is 1. The molecule has 0 aromatic heterocycles. The third-order valence-corrected chi connectivity index (χ3v) is 5.06. The Morgan fingerprint density at radius 1 is 1.44 bits per heavy atom. The van der Waals surface area contributed by atoms with E-state index in [0.29, 0.717) is 6.04 Å². The minimum atomic E-state index is -4.03. The summed E-state index contributed by atoms with van der Waals surface area (Å²) in [6.07, 6.45) is 1.87. The normalized spacial score (nSPS) is 19.6. The number of piperidine rings is 1. The van der Waals surface area contributed by atoms with Gasteiger partial charge in [-0.25, -0.2) is 13.6 Å². The molecule has 1 aromatic carbocycles. The monoisotopic (exact) mass is 421 g/mol. The summed E-state index contributed by atoms with van der Waals surface area (Å²) in [4.78, 5) is 22.1. The fourth-order valence-electron chi connectivity index (χ4n) is 2.86. The van der Waals surface area contributed by atoms with Crippen molar-refractivity contribution in [3.8, 4) is 0 Å². The summed E-state index contributed by atoms with van der Waals surface area (Å²) in [6, 6.07) is 3.83. The van der Waals surface area contributed by atoms with Crippen molar-refractivity contribution < 1.29 is 18.1 Å². The van der Waals surface area contributed by atoms with Gasteiger partial charge in [-0.15, -0.1) is 12.4 Å². The fourth-order valence-corrected chi connectivity index (χ4v) is 3.40. The molecule has 2 rings (SSSR count). The molecular weight excluding hydrogens is 398 g/mol. The third-order valence-electron chi connectivity index (χ3n) is 4.15. The number of carbonyl (C=O) groups is 1. The van der Waals surface area contributed by atoms with E-state index in [9.17, 15) is 23.3 Å². The van der Waals surface area contributed by atoms with Gasteiger partial charge in [0.15, 0.2) is 0 Å². The van der Waals surface area contributed by atoms with Gasteiger partial charge in [0.2, 0.25) is 15.9 Å². The van der Waals surface area contributed by atoms with E-state index < -0.39 is 20.6 Å². The Bertz CT molecular complexity index is 789. The number of anilines is 1. The van der Waals surface area contributed by atoms with Gasteiger partial charge in [0.25, 0.3) is 5.69 Å². The van der Waals surface area contributed by atoms with Crippen LogP contribution >= 0.6 is 12.4 Å². The Kier molecular flexibility index (Phi) is 8.41. The zero-order valence-electron chi connectivity index (χ0n) is 14.8. The number of rotatable bonds is 7.